The van der Waals surface area contributed by atoms with Crippen LogP contribution in [0.1, 0.15) is 52.9 Å². The van der Waals surface area contributed by atoms with Gasteiger partial charge in [0.1, 0.15) is 5.60 Å². The van der Waals surface area contributed by atoms with Crippen molar-refractivity contribution in [1.82, 2.24) is 0 Å². The van der Waals surface area contributed by atoms with E-state index in [2.05, 4.69) is 20.8 Å². The number of ether oxygens (including phenoxy) is 1. The summed E-state index contributed by atoms with van der Waals surface area (Å²) in [7, 11) is 0. The summed E-state index contributed by atoms with van der Waals surface area (Å²) in [5.41, 5.74) is -0.320. The highest BCUT2D eigenvalue weighted by atomic mass is 16.6. The summed E-state index contributed by atoms with van der Waals surface area (Å²) in [6, 6.07) is 0. The van der Waals surface area contributed by atoms with Crippen molar-refractivity contribution in [3.8, 4) is 0 Å². The summed E-state index contributed by atoms with van der Waals surface area (Å²) in [6.45, 7) is 6.36. The molecule has 4 nitrogen and oxygen atoms in total. The van der Waals surface area contributed by atoms with Crippen molar-refractivity contribution in [2.75, 3.05) is 0 Å². The van der Waals surface area contributed by atoms with Crippen LogP contribution in [0, 0.1) is 5.41 Å². The molecule has 0 spiro atoms. The van der Waals surface area contributed by atoms with Gasteiger partial charge in [0.05, 0.1) is 0 Å². The number of carbonyl (C=O) groups is 2. The number of esters is 1. The number of carboxylic acids is 1. The first kappa shape index (κ1) is 14.7. The van der Waals surface area contributed by atoms with Gasteiger partial charge in [-0.1, -0.05) is 20.8 Å². The minimum absolute atomic E-state index is 0.0845. The van der Waals surface area contributed by atoms with Crippen LogP contribution in [0.3, 0.4) is 0 Å². The molecular formula is C14H22O4. The monoisotopic (exact) mass is 254 g/mol. The second-order valence-corrected chi connectivity index (χ2v) is 6.22. The van der Waals surface area contributed by atoms with Gasteiger partial charge in [0, 0.05) is 12.2 Å². The van der Waals surface area contributed by atoms with Crippen LogP contribution in [0.5, 0.6) is 0 Å². The molecule has 0 radical (unpaired) electrons. The second-order valence-electron chi connectivity index (χ2n) is 6.22. The summed E-state index contributed by atoms with van der Waals surface area (Å²) in [5, 5.41) is 8.48. The Morgan fingerprint density at radius 1 is 1.22 bits per heavy atom. The number of hydrogen-bond donors (Lipinski definition) is 1. The van der Waals surface area contributed by atoms with Crippen molar-refractivity contribution < 1.29 is 19.4 Å². The second kappa shape index (κ2) is 5.55. The quantitative estimate of drug-likeness (QED) is 0.619. The third-order valence-electron chi connectivity index (χ3n) is 3.05. The van der Waals surface area contributed by atoms with Crippen molar-refractivity contribution in [1.29, 1.82) is 0 Å². The zero-order valence-electron chi connectivity index (χ0n) is 11.4. The zero-order chi connectivity index (χ0) is 13.8. The van der Waals surface area contributed by atoms with Gasteiger partial charge in [-0.15, -0.1) is 0 Å². The van der Waals surface area contributed by atoms with Crippen molar-refractivity contribution in [2.45, 2.75) is 58.5 Å². The van der Waals surface area contributed by atoms with Crippen LogP contribution in [0.25, 0.3) is 0 Å². The molecule has 0 aromatic rings. The molecule has 0 unspecified atom stereocenters. The SMILES string of the molecule is CC(C)(C)CC1(OC(=O)/C=C/C(=O)O)CCCC1. The molecule has 1 saturated carbocycles. The first-order chi connectivity index (χ1) is 8.22. The highest BCUT2D eigenvalue weighted by Crippen LogP contribution is 2.42. The normalized spacial score (nSPS) is 19.1. The van der Waals surface area contributed by atoms with Gasteiger partial charge < -0.3 is 9.84 Å². The van der Waals surface area contributed by atoms with Gasteiger partial charge in [-0.05, 0) is 37.5 Å². The molecule has 1 aliphatic carbocycles. The zero-order valence-corrected chi connectivity index (χ0v) is 11.4. The molecule has 1 aliphatic rings. The van der Waals surface area contributed by atoms with Crippen molar-refractivity contribution >= 4 is 11.9 Å². The summed E-state index contributed by atoms with van der Waals surface area (Å²) in [6.07, 6.45) is 6.49. The van der Waals surface area contributed by atoms with Gasteiger partial charge in [-0.25, -0.2) is 9.59 Å². The van der Waals surface area contributed by atoms with E-state index in [0.29, 0.717) is 0 Å². The maximum Gasteiger partial charge on any atom is 0.331 e. The lowest BCUT2D eigenvalue weighted by atomic mass is 9.81. The first-order valence-corrected chi connectivity index (χ1v) is 6.37. The summed E-state index contributed by atoms with van der Waals surface area (Å²) >= 11 is 0. The third kappa shape index (κ3) is 4.90. The lowest BCUT2D eigenvalue weighted by Crippen LogP contribution is -2.35. The molecular weight excluding hydrogens is 232 g/mol. The number of carbonyl (C=O) groups excluding carboxylic acids is 1. The van der Waals surface area contributed by atoms with E-state index in [1.54, 1.807) is 0 Å². The van der Waals surface area contributed by atoms with E-state index < -0.39 is 17.5 Å². The molecule has 102 valence electrons. The van der Waals surface area contributed by atoms with E-state index in [1.165, 1.54) is 0 Å². The van der Waals surface area contributed by atoms with E-state index in [9.17, 15) is 9.59 Å². The predicted octanol–water partition coefficient (Wildman–Crippen LogP) is 2.92. The molecule has 1 fully saturated rings. The number of rotatable bonds is 4. The highest BCUT2D eigenvalue weighted by Gasteiger charge is 2.40. The van der Waals surface area contributed by atoms with Gasteiger partial charge in [0.2, 0.25) is 0 Å². The highest BCUT2D eigenvalue weighted by molar-refractivity contribution is 5.90. The molecule has 0 aromatic heterocycles. The van der Waals surface area contributed by atoms with E-state index in [1.807, 2.05) is 0 Å². The lowest BCUT2D eigenvalue weighted by molar-refractivity contribution is -0.156. The molecule has 18 heavy (non-hydrogen) atoms. The molecule has 4 heteroatoms. The first-order valence-electron chi connectivity index (χ1n) is 6.37. The fourth-order valence-corrected chi connectivity index (χ4v) is 2.69. The van der Waals surface area contributed by atoms with Crippen LogP contribution in [0.15, 0.2) is 12.2 Å². The minimum Gasteiger partial charge on any atom is -0.478 e. The van der Waals surface area contributed by atoms with Gasteiger partial charge in [0.15, 0.2) is 0 Å². The van der Waals surface area contributed by atoms with Crippen molar-refractivity contribution in [3.05, 3.63) is 12.2 Å². The summed E-state index contributed by atoms with van der Waals surface area (Å²) < 4.78 is 5.54. The van der Waals surface area contributed by atoms with Crippen LogP contribution in [0.4, 0.5) is 0 Å². The maximum atomic E-state index is 11.6. The van der Waals surface area contributed by atoms with Crippen LogP contribution in [-0.2, 0) is 14.3 Å². The Morgan fingerprint density at radius 3 is 2.22 bits per heavy atom. The van der Waals surface area contributed by atoms with Crippen LogP contribution >= 0.6 is 0 Å². The lowest BCUT2D eigenvalue weighted by Gasteiger charge is -2.34. The Bertz CT molecular complexity index is 343. The van der Waals surface area contributed by atoms with E-state index in [-0.39, 0.29) is 5.41 Å². The molecule has 0 amide bonds. The average molecular weight is 254 g/mol. The number of aliphatic carboxylic acids is 1. The van der Waals surface area contributed by atoms with E-state index in [4.69, 9.17) is 9.84 Å². The molecule has 0 heterocycles. The topological polar surface area (TPSA) is 63.6 Å². The maximum absolute atomic E-state index is 11.6. The van der Waals surface area contributed by atoms with E-state index >= 15 is 0 Å². The molecule has 0 saturated heterocycles. The molecule has 1 N–H and O–H groups in total. The number of carboxylic acid groups (broad SMARTS) is 1. The van der Waals surface area contributed by atoms with Crippen molar-refractivity contribution in [3.63, 3.8) is 0 Å². The fourth-order valence-electron chi connectivity index (χ4n) is 2.69. The van der Waals surface area contributed by atoms with Crippen LogP contribution < -0.4 is 0 Å². The molecule has 0 bridgehead atoms. The Morgan fingerprint density at radius 2 is 1.78 bits per heavy atom. The summed E-state index contributed by atoms with van der Waals surface area (Å²) in [5.74, 6) is -1.69. The third-order valence-corrected chi connectivity index (χ3v) is 3.05. The molecule has 0 aromatic carbocycles. The fraction of sp³-hybridized carbons (Fsp3) is 0.714. The molecule has 1 rings (SSSR count). The predicted molar refractivity (Wildman–Crippen MR) is 68.1 cm³/mol. The van der Waals surface area contributed by atoms with Gasteiger partial charge in [0.25, 0.3) is 0 Å². The largest absolute Gasteiger partial charge is 0.478 e. The Labute approximate surface area is 108 Å². The minimum atomic E-state index is -1.14. The average Bonchev–Trinajstić information content (AvgIpc) is 2.60. The Kier molecular flexibility index (Phi) is 4.54. The van der Waals surface area contributed by atoms with Crippen molar-refractivity contribution in [2.24, 2.45) is 5.41 Å². The Balaban J connectivity index is 2.69. The number of hydrogen-bond acceptors (Lipinski definition) is 3. The molecule has 0 atom stereocenters. The molecule has 0 aliphatic heterocycles. The van der Waals surface area contributed by atoms with Gasteiger partial charge >= 0.3 is 11.9 Å². The van der Waals surface area contributed by atoms with Crippen LogP contribution in [-0.4, -0.2) is 22.6 Å². The Hall–Kier alpha value is -1.32. The smallest absolute Gasteiger partial charge is 0.331 e. The van der Waals surface area contributed by atoms with Gasteiger partial charge in [-0.2, -0.15) is 0 Å². The summed E-state index contributed by atoms with van der Waals surface area (Å²) in [4.78, 5) is 22.0. The van der Waals surface area contributed by atoms with E-state index in [0.717, 1.165) is 44.3 Å². The van der Waals surface area contributed by atoms with Gasteiger partial charge in [-0.3, -0.25) is 0 Å². The standard InChI is InChI=1S/C14H22O4/c1-13(2,3)10-14(8-4-5-9-14)18-12(17)7-6-11(15)16/h6-7H,4-5,8-10H2,1-3H3,(H,15,16)/b7-6+. The van der Waals surface area contributed by atoms with Crippen LogP contribution in [0.2, 0.25) is 0 Å².